The molecule has 2 N–H and O–H groups in total. The molecule has 0 saturated heterocycles. The molecule has 0 amide bonds. The van der Waals surface area contributed by atoms with E-state index in [4.69, 9.17) is 0 Å². The molecular formula is C12H14N2O2. The number of nitrogens with zero attached hydrogens (tertiary/aromatic N) is 2. The van der Waals surface area contributed by atoms with Gasteiger partial charge in [-0.1, -0.05) is 12.5 Å². The maximum absolute atomic E-state index is 9.52. The van der Waals surface area contributed by atoms with Crippen LogP contribution in [0.3, 0.4) is 0 Å². The first kappa shape index (κ1) is 9.81. The van der Waals surface area contributed by atoms with Gasteiger partial charge in [0.1, 0.15) is 0 Å². The average molecular weight is 218 g/mol. The lowest BCUT2D eigenvalue weighted by molar-refractivity contribution is -0.126. The Balaban J connectivity index is 2.10. The van der Waals surface area contributed by atoms with Crippen LogP contribution in [0.5, 0.6) is 0 Å². The summed E-state index contributed by atoms with van der Waals surface area (Å²) in [5.74, 6) is 0. The predicted molar refractivity (Wildman–Crippen MR) is 58.9 cm³/mol. The van der Waals surface area contributed by atoms with Crippen molar-refractivity contribution < 1.29 is 10.2 Å². The molecule has 16 heavy (non-hydrogen) atoms. The molecular weight excluding hydrogens is 204 g/mol. The third-order valence-corrected chi connectivity index (χ3v) is 3.71. The van der Waals surface area contributed by atoms with E-state index in [0.29, 0.717) is 0 Å². The predicted octanol–water partition coefficient (Wildman–Crippen LogP) is 1.07. The quantitative estimate of drug-likeness (QED) is 0.741. The van der Waals surface area contributed by atoms with Gasteiger partial charge < -0.3 is 10.2 Å². The number of hydrogen-bond acceptors (Lipinski definition) is 3. The smallest absolute Gasteiger partial charge is 0.161 e. The Labute approximate surface area is 93.1 Å². The first-order valence-electron chi connectivity index (χ1n) is 5.52. The van der Waals surface area contributed by atoms with Gasteiger partial charge in [-0.3, -0.25) is 0 Å². The summed E-state index contributed by atoms with van der Waals surface area (Å²) in [6.07, 6.45) is 5.06. The SMILES string of the molecule is OC(O)C1(c2ccc3ccnn3c2)CCC1. The summed E-state index contributed by atoms with van der Waals surface area (Å²) in [6, 6.07) is 5.85. The first-order valence-corrected chi connectivity index (χ1v) is 5.52. The molecule has 2 aromatic rings. The average Bonchev–Trinajstić information content (AvgIpc) is 2.62. The number of aliphatic hydroxyl groups is 2. The normalized spacial score (nSPS) is 18.9. The van der Waals surface area contributed by atoms with Crippen LogP contribution in [-0.2, 0) is 5.41 Å². The van der Waals surface area contributed by atoms with Crippen LogP contribution in [0.1, 0.15) is 24.8 Å². The molecule has 4 nitrogen and oxygen atoms in total. The molecule has 0 radical (unpaired) electrons. The van der Waals surface area contributed by atoms with Gasteiger partial charge >= 0.3 is 0 Å². The Morgan fingerprint density at radius 1 is 1.25 bits per heavy atom. The van der Waals surface area contributed by atoms with Gasteiger partial charge in [0.15, 0.2) is 6.29 Å². The van der Waals surface area contributed by atoms with E-state index >= 15 is 0 Å². The molecule has 0 unspecified atom stereocenters. The number of pyridine rings is 1. The van der Waals surface area contributed by atoms with Gasteiger partial charge in [-0.05, 0) is 30.5 Å². The van der Waals surface area contributed by atoms with E-state index in [0.717, 1.165) is 30.3 Å². The molecule has 0 aromatic carbocycles. The zero-order valence-electron chi connectivity index (χ0n) is 8.87. The molecule has 84 valence electrons. The molecule has 1 aliphatic rings. The van der Waals surface area contributed by atoms with Crippen LogP contribution in [0.15, 0.2) is 30.6 Å². The molecule has 0 spiro atoms. The molecule has 3 rings (SSSR count). The number of rotatable bonds is 2. The van der Waals surface area contributed by atoms with Crippen molar-refractivity contribution in [3.05, 3.63) is 36.2 Å². The van der Waals surface area contributed by atoms with Crippen molar-refractivity contribution in [1.29, 1.82) is 0 Å². The van der Waals surface area contributed by atoms with Crippen molar-refractivity contribution in [2.45, 2.75) is 31.0 Å². The standard InChI is InChI=1S/C12H14N2O2/c15-11(16)12(5-1-6-12)9-2-3-10-4-7-13-14(10)8-9/h2-4,7-8,11,15-16H,1,5-6H2. The Bertz CT molecular complexity index is 514. The summed E-state index contributed by atoms with van der Waals surface area (Å²) in [4.78, 5) is 0. The largest absolute Gasteiger partial charge is 0.367 e. The third kappa shape index (κ3) is 1.20. The fourth-order valence-electron chi connectivity index (χ4n) is 2.46. The fourth-order valence-corrected chi connectivity index (χ4v) is 2.46. The van der Waals surface area contributed by atoms with Crippen LogP contribution in [0.4, 0.5) is 0 Å². The van der Waals surface area contributed by atoms with E-state index < -0.39 is 11.7 Å². The van der Waals surface area contributed by atoms with Crippen molar-refractivity contribution in [3.8, 4) is 0 Å². The minimum Gasteiger partial charge on any atom is -0.367 e. The van der Waals surface area contributed by atoms with Gasteiger partial charge in [0.2, 0.25) is 0 Å². The molecule has 1 saturated carbocycles. The van der Waals surface area contributed by atoms with Crippen molar-refractivity contribution in [3.63, 3.8) is 0 Å². The van der Waals surface area contributed by atoms with Crippen molar-refractivity contribution in [2.24, 2.45) is 0 Å². The molecule has 1 aliphatic carbocycles. The number of hydrogen-bond donors (Lipinski definition) is 2. The van der Waals surface area contributed by atoms with Gasteiger partial charge in [0.25, 0.3) is 0 Å². The van der Waals surface area contributed by atoms with Crippen molar-refractivity contribution >= 4 is 5.52 Å². The fraction of sp³-hybridized carbons (Fsp3) is 0.417. The zero-order chi connectivity index (χ0) is 11.2. The minimum absolute atomic E-state index is 0.472. The number of aromatic nitrogens is 2. The van der Waals surface area contributed by atoms with Crippen LogP contribution in [0.25, 0.3) is 5.52 Å². The van der Waals surface area contributed by atoms with E-state index in [1.807, 2.05) is 24.4 Å². The number of fused-ring (bicyclic) bond motifs is 1. The molecule has 0 bridgehead atoms. The van der Waals surface area contributed by atoms with Gasteiger partial charge in [0, 0.05) is 17.8 Å². The van der Waals surface area contributed by atoms with E-state index in [1.54, 1.807) is 10.7 Å². The Morgan fingerprint density at radius 2 is 2.06 bits per heavy atom. The van der Waals surface area contributed by atoms with E-state index in [9.17, 15) is 10.2 Å². The van der Waals surface area contributed by atoms with Crippen LogP contribution in [0, 0.1) is 0 Å². The maximum Gasteiger partial charge on any atom is 0.161 e. The summed E-state index contributed by atoms with van der Waals surface area (Å²) in [7, 11) is 0. The topological polar surface area (TPSA) is 57.8 Å². The molecule has 2 heterocycles. The molecule has 4 heteroatoms. The van der Waals surface area contributed by atoms with E-state index in [2.05, 4.69) is 5.10 Å². The third-order valence-electron chi connectivity index (χ3n) is 3.71. The van der Waals surface area contributed by atoms with Crippen LogP contribution >= 0.6 is 0 Å². The maximum atomic E-state index is 9.52. The van der Waals surface area contributed by atoms with Gasteiger partial charge in [-0.25, -0.2) is 4.52 Å². The second-order valence-electron chi connectivity index (χ2n) is 4.50. The minimum atomic E-state index is -1.28. The van der Waals surface area contributed by atoms with Crippen molar-refractivity contribution in [2.75, 3.05) is 0 Å². The monoisotopic (exact) mass is 218 g/mol. The highest BCUT2D eigenvalue weighted by Crippen LogP contribution is 2.45. The zero-order valence-corrected chi connectivity index (χ0v) is 8.87. The van der Waals surface area contributed by atoms with E-state index in [1.165, 1.54) is 0 Å². The van der Waals surface area contributed by atoms with Gasteiger partial charge in [-0.15, -0.1) is 0 Å². The number of aliphatic hydroxyl groups excluding tert-OH is 1. The Kier molecular flexibility index (Phi) is 2.02. The summed E-state index contributed by atoms with van der Waals surface area (Å²) in [5, 5.41) is 23.2. The van der Waals surface area contributed by atoms with Crippen LogP contribution in [0.2, 0.25) is 0 Å². The molecule has 0 atom stereocenters. The summed E-state index contributed by atoms with van der Waals surface area (Å²) in [6.45, 7) is 0. The highest BCUT2D eigenvalue weighted by Gasteiger charge is 2.44. The van der Waals surface area contributed by atoms with Gasteiger partial charge in [0.05, 0.1) is 5.52 Å². The van der Waals surface area contributed by atoms with Crippen LogP contribution < -0.4 is 0 Å². The highest BCUT2D eigenvalue weighted by atomic mass is 16.5. The molecule has 1 fully saturated rings. The molecule has 0 aliphatic heterocycles. The Morgan fingerprint density at radius 3 is 2.69 bits per heavy atom. The highest BCUT2D eigenvalue weighted by molar-refractivity contribution is 5.47. The lowest BCUT2D eigenvalue weighted by Crippen LogP contribution is -2.45. The second kappa shape index (κ2) is 3.30. The van der Waals surface area contributed by atoms with E-state index in [-0.39, 0.29) is 0 Å². The first-order chi connectivity index (χ1) is 7.72. The summed E-state index contributed by atoms with van der Waals surface area (Å²) < 4.78 is 1.78. The second-order valence-corrected chi connectivity index (χ2v) is 4.50. The summed E-state index contributed by atoms with van der Waals surface area (Å²) >= 11 is 0. The summed E-state index contributed by atoms with van der Waals surface area (Å²) in [5.41, 5.74) is 1.51. The Hall–Kier alpha value is -1.39. The van der Waals surface area contributed by atoms with Gasteiger partial charge in [-0.2, -0.15) is 5.10 Å². The lowest BCUT2D eigenvalue weighted by Gasteiger charge is -2.43. The van der Waals surface area contributed by atoms with Crippen molar-refractivity contribution in [1.82, 2.24) is 9.61 Å². The van der Waals surface area contributed by atoms with Crippen LogP contribution in [-0.4, -0.2) is 26.1 Å². The lowest BCUT2D eigenvalue weighted by atomic mass is 9.64. The molecule has 2 aromatic heterocycles.